The Hall–Kier alpha value is -1.05. The molecule has 0 radical (unpaired) electrons. The maximum absolute atomic E-state index is 11.1. The van der Waals surface area contributed by atoms with Gasteiger partial charge < -0.3 is 4.90 Å². The molecule has 0 aromatic rings. The van der Waals surface area contributed by atoms with Crippen LogP contribution in [0, 0.1) is 0 Å². The van der Waals surface area contributed by atoms with Gasteiger partial charge in [0.2, 0.25) is 0 Å². The van der Waals surface area contributed by atoms with Crippen LogP contribution in [0.5, 0.6) is 0 Å². The second kappa shape index (κ2) is 2.77. The predicted octanol–water partition coefficient (Wildman–Crippen LogP) is 1.49. The fourth-order valence-electron chi connectivity index (χ4n) is 2.08. The van der Waals surface area contributed by atoms with Crippen LogP contribution in [-0.2, 0) is 4.79 Å². The summed E-state index contributed by atoms with van der Waals surface area (Å²) in [5.41, 5.74) is 0. The maximum Gasteiger partial charge on any atom is 0.159 e. The van der Waals surface area contributed by atoms with Gasteiger partial charge in [-0.2, -0.15) is 0 Å². The van der Waals surface area contributed by atoms with Crippen LogP contribution in [0.25, 0.3) is 0 Å². The van der Waals surface area contributed by atoms with E-state index in [9.17, 15) is 4.79 Å². The summed E-state index contributed by atoms with van der Waals surface area (Å²) >= 11 is 0. The predicted molar refractivity (Wildman–Crippen MR) is 47.6 cm³/mol. The van der Waals surface area contributed by atoms with Gasteiger partial charge in [0.1, 0.15) is 0 Å². The van der Waals surface area contributed by atoms with Crippen LogP contribution in [0.4, 0.5) is 0 Å². The molecule has 12 heavy (non-hydrogen) atoms. The Morgan fingerprint density at radius 1 is 1.58 bits per heavy atom. The summed E-state index contributed by atoms with van der Waals surface area (Å²) in [4.78, 5) is 13.3. The number of fused-ring (bicyclic) bond motifs is 1. The van der Waals surface area contributed by atoms with Crippen molar-refractivity contribution < 1.29 is 4.79 Å². The largest absolute Gasteiger partial charge is 0.368 e. The molecule has 1 saturated heterocycles. The van der Waals surface area contributed by atoms with Crippen LogP contribution in [0.2, 0.25) is 0 Å². The van der Waals surface area contributed by atoms with Crippen molar-refractivity contribution in [3.8, 4) is 0 Å². The van der Waals surface area contributed by atoms with Crippen LogP contribution in [0.3, 0.4) is 0 Å². The maximum atomic E-state index is 11.1. The van der Waals surface area contributed by atoms with Crippen molar-refractivity contribution in [1.29, 1.82) is 0 Å². The highest BCUT2D eigenvalue weighted by molar-refractivity contribution is 5.90. The Balaban J connectivity index is 2.19. The Labute approximate surface area is 72.6 Å². The zero-order valence-electron chi connectivity index (χ0n) is 7.07. The number of hydrogen-bond acceptors (Lipinski definition) is 2. The molecule has 0 aromatic carbocycles. The van der Waals surface area contributed by atoms with Gasteiger partial charge in [-0.15, -0.1) is 6.58 Å². The van der Waals surface area contributed by atoms with Gasteiger partial charge in [0, 0.05) is 24.7 Å². The minimum atomic E-state index is 0.265. The Bertz CT molecular complexity index is 244. The summed E-state index contributed by atoms with van der Waals surface area (Å²) in [5, 5.41) is 0. The Morgan fingerprint density at radius 2 is 2.42 bits per heavy atom. The van der Waals surface area contributed by atoms with Gasteiger partial charge in [0.05, 0.1) is 0 Å². The van der Waals surface area contributed by atoms with E-state index >= 15 is 0 Å². The molecular formula is C10H13NO. The summed E-state index contributed by atoms with van der Waals surface area (Å²) in [6.45, 7) is 3.79. The van der Waals surface area contributed by atoms with E-state index in [1.54, 1.807) is 6.08 Å². The molecule has 2 aliphatic heterocycles. The van der Waals surface area contributed by atoms with Crippen LogP contribution >= 0.6 is 0 Å². The van der Waals surface area contributed by atoms with Gasteiger partial charge in [-0.05, 0) is 18.9 Å². The average molecular weight is 163 g/mol. The monoisotopic (exact) mass is 163 g/mol. The highest BCUT2D eigenvalue weighted by atomic mass is 16.1. The lowest BCUT2D eigenvalue weighted by atomic mass is 10.1. The van der Waals surface area contributed by atoms with Gasteiger partial charge in [-0.25, -0.2) is 0 Å². The van der Waals surface area contributed by atoms with Crippen LogP contribution < -0.4 is 0 Å². The Kier molecular flexibility index (Phi) is 1.75. The molecule has 2 atom stereocenters. The molecule has 0 N–H and O–H groups in total. The molecule has 2 heteroatoms. The van der Waals surface area contributed by atoms with E-state index in [4.69, 9.17) is 0 Å². The van der Waals surface area contributed by atoms with Crippen molar-refractivity contribution in [2.75, 3.05) is 0 Å². The summed E-state index contributed by atoms with van der Waals surface area (Å²) in [7, 11) is 0. The molecule has 0 amide bonds. The first-order chi connectivity index (χ1) is 5.81. The molecule has 2 nitrogen and oxygen atoms in total. The summed E-state index contributed by atoms with van der Waals surface area (Å²) in [6, 6.07) is 0.907. The minimum Gasteiger partial charge on any atom is -0.368 e. The van der Waals surface area contributed by atoms with Crippen molar-refractivity contribution >= 4 is 5.78 Å². The highest BCUT2D eigenvalue weighted by Crippen LogP contribution is 2.29. The van der Waals surface area contributed by atoms with Gasteiger partial charge in [-0.3, -0.25) is 4.79 Å². The number of carbonyl (C=O) groups excluding carboxylic acids is 1. The van der Waals surface area contributed by atoms with E-state index < -0.39 is 0 Å². The summed E-state index contributed by atoms with van der Waals surface area (Å²) < 4.78 is 0. The number of nitrogens with zero attached hydrogens (tertiary/aromatic N) is 1. The number of rotatable bonds is 1. The zero-order chi connectivity index (χ0) is 8.55. The molecule has 64 valence electrons. The van der Waals surface area contributed by atoms with Crippen LogP contribution in [0.1, 0.15) is 19.3 Å². The van der Waals surface area contributed by atoms with Gasteiger partial charge in [0.15, 0.2) is 5.78 Å². The molecule has 0 spiro atoms. The quantitative estimate of drug-likeness (QED) is 0.546. The van der Waals surface area contributed by atoms with E-state index in [1.807, 2.05) is 12.3 Å². The van der Waals surface area contributed by atoms with Crippen molar-refractivity contribution in [1.82, 2.24) is 4.90 Å². The van der Waals surface area contributed by atoms with E-state index in [2.05, 4.69) is 11.5 Å². The average Bonchev–Trinajstić information content (AvgIpc) is 2.46. The first kappa shape index (κ1) is 7.59. The number of carbonyl (C=O) groups is 1. The molecule has 0 saturated carbocycles. The number of allylic oxidation sites excluding steroid dienone is 1. The lowest BCUT2D eigenvalue weighted by Gasteiger charge is -2.29. The summed E-state index contributed by atoms with van der Waals surface area (Å²) in [6.07, 6.45) is 8.55. The molecule has 0 unspecified atom stereocenters. The van der Waals surface area contributed by atoms with Crippen molar-refractivity contribution in [2.45, 2.75) is 31.3 Å². The minimum absolute atomic E-state index is 0.265. The van der Waals surface area contributed by atoms with E-state index in [-0.39, 0.29) is 5.78 Å². The van der Waals surface area contributed by atoms with Gasteiger partial charge in [-0.1, -0.05) is 6.08 Å². The molecule has 0 bridgehead atoms. The van der Waals surface area contributed by atoms with Gasteiger partial charge in [0.25, 0.3) is 0 Å². The van der Waals surface area contributed by atoms with Gasteiger partial charge >= 0.3 is 0 Å². The Morgan fingerprint density at radius 3 is 3.17 bits per heavy atom. The van der Waals surface area contributed by atoms with Crippen molar-refractivity contribution in [3.05, 3.63) is 24.9 Å². The van der Waals surface area contributed by atoms with E-state index in [1.165, 1.54) is 0 Å². The van der Waals surface area contributed by atoms with E-state index in [0.717, 1.165) is 12.8 Å². The lowest BCUT2D eigenvalue weighted by molar-refractivity contribution is -0.116. The SMILES string of the molecule is C=C[C@H]1CC[C@@H]2CC(=O)C=CN21. The molecule has 2 aliphatic rings. The van der Waals surface area contributed by atoms with Crippen LogP contribution in [0.15, 0.2) is 24.9 Å². The molecule has 0 aromatic heterocycles. The molecule has 0 aliphatic carbocycles. The summed E-state index contributed by atoms with van der Waals surface area (Å²) in [5.74, 6) is 0.265. The second-order valence-corrected chi connectivity index (χ2v) is 3.47. The molecule has 2 heterocycles. The normalized spacial score (nSPS) is 33.7. The first-order valence-electron chi connectivity index (χ1n) is 4.42. The first-order valence-corrected chi connectivity index (χ1v) is 4.42. The van der Waals surface area contributed by atoms with E-state index in [0.29, 0.717) is 18.5 Å². The third-order valence-electron chi connectivity index (χ3n) is 2.74. The highest BCUT2D eigenvalue weighted by Gasteiger charge is 2.32. The molecular weight excluding hydrogens is 150 g/mol. The second-order valence-electron chi connectivity index (χ2n) is 3.47. The molecule has 2 rings (SSSR count). The third kappa shape index (κ3) is 1.07. The molecule has 1 fully saturated rings. The lowest BCUT2D eigenvalue weighted by Crippen LogP contribution is -2.34. The number of hydrogen-bond donors (Lipinski definition) is 0. The fraction of sp³-hybridized carbons (Fsp3) is 0.500. The van der Waals surface area contributed by atoms with Crippen LogP contribution in [-0.4, -0.2) is 22.8 Å². The van der Waals surface area contributed by atoms with Crippen molar-refractivity contribution in [3.63, 3.8) is 0 Å². The topological polar surface area (TPSA) is 20.3 Å². The zero-order valence-corrected chi connectivity index (χ0v) is 7.07. The fourth-order valence-corrected chi connectivity index (χ4v) is 2.08. The third-order valence-corrected chi connectivity index (χ3v) is 2.74. The van der Waals surface area contributed by atoms with Crippen molar-refractivity contribution in [2.24, 2.45) is 0 Å². The smallest absolute Gasteiger partial charge is 0.159 e. The number of ketones is 1. The standard InChI is InChI=1S/C10H13NO/c1-2-8-3-4-9-7-10(12)5-6-11(8)9/h2,5-6,8-9H,1,3-4,7H2/t8-,9+/m0/s1.